The molecule has 0 radical (unpaired) electrons. The van der Waals surface area contributed by atoms with Crippen LogP contribution in [0.1, 0.15) is 40.1 Å². The van der Waals surface area contributed by atoms with Crippen LogP contribution in [0.15, 0.2) is 42.5 Å². The fourth-order valence-corrected chi connectivity index (χ4v) is 3.29. The third-order valence-corrected chi connectivity index (χ3v) is 5.06. The molecule has 0 spiro atoms. The van der Waals surface area contributed by atoms with Crippen molar-refractivity contribution in [1.29, 1.82) is 0 Å². The Kier molecular flexibility index (Phi) is 6.79. The number of Topliss-reactive ketones (excluding diaryl/α,β-unsaturated/α-hetero) is 1. The molecule has 1 aliphatic rings. The molecule has 158 valence electrons. The molecule has 1 aliphatic heterocycles. The Morgan fingerprint density at radius 1 is 1.13 bits per heavy atom. The van der Waals surface area contributed by atoms with Crippen molar-refractivity contribution < 1.29 is 24.0 Å². The van der Waals surface area contributed by atoms with Crippen LogP contribution in [0.25, 0.3) is 0 Å². The average molecular weight is 412 g/mol. The number of aryl methyl sites for hydroxylation is 1. The van der Waals surface area contributed by atoms with Crippen LogP contribution in [0, 0.1) is 10.1 Å². The predicted molar refractivity (Wildman–Crippen MR) is 111 cm³/mol. The zero-order valence-corrected chi connectivity index (χ0v) is 17.0. The highest BCUT2D eigenvalue weighted by Gasteiger charge is 2.25. The first-order valence-electron chi connectivity index (χ1n) is 9.86. The summed E-state index contributed by atoms with van der Waals surface area (Å²) in [5, 5.41) is 11.5. The Hall–Kier alpha value is -3.26. The third-order valence-electron chi connectivity index (χ3n) is 5.06. The van der Waals surface area contributed by atoms with Gasteiger partial charge in [0.25, 0.3) is 5.69 Å². The van der Waals surface area contributed by atoms with E-state index in [2.05, 4.69) is 0 Å². The van der Waals surface area contributed by atoms with Crippen LogP contribution in [0.4, 0.5) is 11.4 Å². The van der Waals surface area contributed by atoms with E-state index in [1.807, 2.05) is 24.0 Å². The number of morpholine rings is 1. The van der Waals surface area contributed by atoms with Crippen LogP contribution >= 0.6 is 0 Å². The number of nitro benzene ring substituents is 1. The minimum absolute atomic E-state index is 0.0275. The first kappa shape index (κ1) is 21.4. The van der Waals surface area contributed by atoms with Gasteiger partial charge in [0.15, 0.2) is 6.10 Å². The maximum Gasteiger partial charge on any atom is 0.339 e. The minimum atomic E-state index is -1.01. The van der Waals surface area contributed by atoms with Gasteiger partial charge in [-0.25, -0.2) is 4.79 Å². The molecule has 0 saturated carbocycles. The number of nitro groups is 1. The van der Waals surface area contributed by atoms with Gasteiger partial charge in [0.1, 0.15) is 5.69 Å². The van der Waals surface area contributed by atoms with Gasteiger partial charge in [0, 0.05) is 24.7 Å². The molecule has 1 saturated heterocycles. The molecule has 0 N–H and O–H groups in total. The number of hydrogen-bond donors (Lipinski definition) is 0. The fourth-order valence-electron chi connectivity index (χ4n) is 3.29. The van der Waals surface area contributed by atoms with Crippen LogP contribution in [0.2, 0.25) is 0 Å². The Labute approximate surface area is 174 Å². The number of carbonyl (C=O) groups is 2. The molecule has 2 aromatic rings. The summed E-state index contributed by atoms with van der Waals surface area (Å²) in [6.07, 6.45) is -0.152. The maximum absolute atomic E-state index is 12.5. The van der Waals surface area contributed by atoms with Gasteiger partial charge in [-0.15, -0.1) is 0 Å². The van der Waals surface area contributed by atoms with Gasteiger partial charge in [-0.3, -0.25) is 14.9 Å². The highest BCUT2D eigenvalue weighted by atomic mass is 16.6. The largest absolute Gasteiger partial charge is 0.451 e. The highest BCUT2D eigenvalue weighted by Crippen LogP contribution is 2.30. The molecule has 8 heteroatoms. The summed E-state index contributed by atoms with van der Waals surface area (Å²) in [6, 6.07) is 11.3. The monoisotopic (exact) mass is 412 g/mol. The highest BCUT2D eigenvalue weighted by molar-refractivity contribution is 6.01. The maximum atomic E-state index is 12.5. The van der Waals surface area contributed by atoms with Gasteiger partial charge in [0.05, 0.1) is 23.7 Å². The second-order valence-electron chi connectivity index (χ2n) is 7.02. The molecule has 0 unspecified atom stereocenters. The van der Waals surface area contributed by atoms with E-state index < -0.39 is 17.0 Å². The van der Waals surface area contributed by atoms with E-state index in [-0.39, 0.29) is 17.0 Å². The topological polar surface area (TPSA) is 99.0 Å². The van der Waals surface area contributed by atoms with Gasteiger partial charge in [-0.1, -0.05) is 31.2 Å². The lowest BCUT2D eigenvalue weighted by Gasteiger charge is -2.28. The van der Waals surface area contributed by atoms with E-state index >= 15 is 0 Å². The molecular weight excluding hydrogens is 388 g/mol. The lowest BCUT2D eigenvalue weighted by Crippen LogP contribution is -2.36. The quantitative estimate of drug-likeness (QED) is 0.297. The normalized spacial score (nSPS) is 14.8. The van der Waals surface area contributed by atoms with Gasteiger partial charge >= 0.3 is 5.97 Å². The van der Waals surface area contributed by atoms with E-state index in [0.717, 1.165) is 12.0 Å². The summed E-state index contributed by atoms with van der Waals surface area (Å²) in [7, 11) is 0. The molecule has 8 nitrogen and oxygen atoms in total. The lowest BCUT2D eigenvalue weighted by atomic mass is 10.0. The second-order valence-corrected chi connectivity index (χ2v) is 7.02. The van der Waals surface area contributed by atoms with Crippen molar-refractivity contribution >= 4 is 23.1 Å². The first-order valence-corrected chi connectivity index (χ1v) is 9.86. The van der Waals surface area contributed by atoms with Crippen LogP contribution in [0.3, 0.4) is 0 Å². The summed E-state index contributed by atoms with van der Waals surface area (Å²) in [4.78, 5) is 37.9. The van der Waals surface area contributed by atoms with Crippen molar-refractivity contribution in [2.24, 2.45) is 0 Å². The third kappa shape index (κ3) is 4.83. The van der Waals surface area contributed by atoms with Gasteiger partial charge in [0.2, 0.25) is 5.78 Å². The summed E-state index contributed by atoms with van der Waals surface area (Å²) in [5.74, 6) is -1.11. The molecule has 0 aliphatic carbocycles. The minimum Gasteiger partial charge on any atom is -0.451 e. The molecule has 1 fully saturated rings. The van der Waals surface area contributed by atoms with Crippen LogP contribution in [-0.4, -0.2) is 49.1 Å². The molecule has 1 heterocycles. The number of anilines is 1. The molecule has 2 aromatic carbocycles. The van der Waals surface area contributed by atoms with E-state index in [9.17, 15) is 19.7 Å². The van der Waals surface area contributed by atoms with Crippen molar-refractivity contribution in [1.82, 2.24) is 0 Å². The number of hydrogen-bond acceptors (Lipinski definition) is 7. The van der Waals surface area contributed by atoms with Crippen molar-refractivity contribution in [2.75, 3.05) is 31.2 Å². The van der Waals surface area contributed by atoms with E-state index in [1.54, 1.807) is 12.1 Å². The molecule has 0 amide bonds. The number of ketones is 1. The Balaban J connectivity index is 1.74. The summed E-state index contributed by atoms with van der Waals surface area (Å²) in [5.41, 5.74) is 1.82. The van der Waals surface area contributed by atoms with Gasteiger partial charge in [-0.2, -0.15) is 0 Å². The molecule has 3 rings (SSSR count). The van der Waals surface area contributed by atoms with Crippen molar-refractivity contribution in [3.05, 3.63) is 69.3 Å². The summed E-state index contributed by atoms with van der Waals surface area (Å²) < 4.78 is 10.6. The van der Waals surface area contributed by atoms with Crippen LogP contribution in [-0.2, 0) is 15.9 Å². The van der Waals surface area contributed by atoms with E-state index in [4.69, 9.17) is 9.47 Å². The zero-order chi connectivity index (χ0) is 21.7. The summed E-state index contributed by atoms with van der Waals surface area (Å²) in [6.45, 7) is 5.55. The molecule has 30 heavy (non-hydrogen) atoms. The Morgan fingerprint density at radius 3 is 2.37 bits per heavy atom. The lowest BCUT2D eigenvalue weighted by molar-refractivity contribution is -0.384. The number of rotatable bonds is 7. The van der Waals surface area contributed by atoms with Crippen molar-refractivity contribution in [3.63, 3.8) is 0 Å². The Morgan fingerprint density at radius 2 is 1.77 bits per heavy atom. The van der Waals surface area contributed by atoms with E-state index in [0.29, 0.717) is 37.6 Å². The van der Waals surface area contributed by atoms with Crippen molar-refractivity contribution in [2.45, 2.75) is 26.4 Å². The van der Waals surface area contributed by atoms with Gasteiger partial charge in [-0.05, 0) is 31.0 Å². The fraction of sp³-hybridized carbons (Fsp3) is 0.364. The number of carbonyl (C=O) groups excluding carboxylic acids is 2. The zero-order valence-electron chi connectivity index (χ0n) is 17.0. The van der Waals surface area contributed by atoms with Gasteiger partial charge < -0.3 is 14.4 Å². The van der Waals surface area contributed by atoms with Crippen molar-refractivity contribution in [3.8, 4) is 0 Å². The second kappa shape index (κ2) is 9.49. The number of benzene rings is 2. The molecule has 0 aromatic heterocycles. The Bertz CT molecular complexity index is 935. The number of esters is 1. The average Bonchev–Trinajstić information content (AvgIpc) is 2.78. The van der Waals surface area contributed by atoms with Crippen LogP contribution < -0.4 is 4.90 Å². The van der Waals surface area contributed by atoms with Crippen LogP contribution in [0.5, 0.6) is 0 Å². The predicted octanol–water partition coefficient (Wildman–Crippen LogP) is 3.42. The first-order chi connectivity index (χ1) is 14.4. The molecule has 1 atom stereocenters. The number of ether oxygens (including phenoxy) is 2. The molecule has 0 bridgehead atoms. The smallest absolute Gasteiger partial charge is 0.339 e. The summed E-state index contributed by atoms with van der Waals surface area (Å²) >= 11 is 0. The van der Waals surface area contributed by atoms with E-state index in [1.165, 1.54) is 25.1 Å². The standard InChI is InChI=1S/C22H24N2O6/c1-3-16-4-6-17(7-5-16)21(25)15(2)30-22(26)18-8-9-19(20(14-18)24(27)28)23-10-12-29-13-11-23/h4-9,14-15H,3,10-13H2,1-2H3/t15-/m1/s1. The number of nitrogens with zero attached hydrogens (tertiary/aromatic N) is 2. The molecular formula is C22H24N2O6. The SMILES string of the molecule is CCc1ccc(C(=O)[C@@H](C)OC(=O)c2ccc(N3CCOCC3)c([N+](=O)[O-])c2)cc1.